The molecule has 0 aliphatic carbocycles. The van der Waals surface area contributed by atoms with Gasteiger partial charge < -0.3 is 30.4 Å². The number of rotatable bonds is 13. The fourth-order valence-electron chi connectivity index (χ4n) is 5.62. The number of aromatic nitrogens is 2. The highest BCUT2D eigenvalue weighted by Gasteiger charge is 2.22. The lowest BCUT2D eigenvalue weighted by atomic mass is 10.1. The molecule has 4 N–H and O–H groups in total. The number of methoxy groups -OCH3 is 2. The lowest BCUT2D eigenvalue weighted by molar-refractivity contribution is 0.0982. The van der Waals surface area contributed by atoms with Crippen LogP contribution in [-0.4, -0.2) is 36.0 Å². The van der Waals surface area contributed by atoms with E-state index in [0.29, 0.717) is 15.7 Å². The zero-order chi connectivity index (χ0) is 43.1. The van der Waals surface area contributed by atoms with Crippen molar-refractivity contribution in [1.29, 1.82) is 0 Å². The van der Waals surface area contributed by atoms with Crippen LogP contribution < -0.4 is 30.4 Å². The van der Waals surface area contributed by atoms with Crippen LogP contribution >= 0.6 is 38.6 Å². The molecule has 0 atom stereocenters. The molecule has 17 heteroatoms. The first kappa shape index (κ1) is 43.3. The maximum atomic E-state index is 14.5. The molecular weight excluding hydrogens is 889 g/mol. The molecule has 7 aromatic rings. The second-order valence-electron chi connectivity index (χ2n) is 12.6. The molecule has 0 aliphatic rings. The summed E-state index contributed by atoms with van der Waals surface area (Å²) in [4.78, 5) is 32.7. The van der Waals surface area contributed by atoms with Crippen LogP contribution in [0.25, 0.3) is 33.0 Å². The average Bonchev–Trinajstić information content (AvgIpc) is 3.84. The van der Waals surface area contributed by atoms with Gasteiger partial charge in [0.25, 0.3) is 11.8 Å². The first-order valence-corrected chi connectivity index (χ1v) is 20.0. The number of hydrogen-bond acceptors (Lipinski definition) is 10. The van der Waals surface area contributed by atoms with Crippen molar-refractivity contribution in [2.75, 3.05) is 14.2 Å². The van der Waals surface area contributed by atoms with Gasteiger partial charge in [0.05, 0.1) is 34.3 Å². The van der Waals surface area contributed by atoms with E-state index in [4.69, 9.17) is 35.4 Å². The Labute approximate surface area is 357 Å². The van der Waals surface area contributed by atoms with Crippen LogP contribution in [0.2, 0.25) is 0 Å². The molecule has 2 aromatic heterocycles. The molecule has 2 heterocycles. The van der Waals surface area contributed by atoms with Crippen LogP contribution in [0.3, 0.4) is 0 Å². The van der Waals surface area contributed by atoms with Gasteiger partial charge in [-0.15, -0.1) is 22.7 Å². The van der Waals surface area contributed by atoms with E-state index in [1.54, 1.807) is 14.2 Å². The summed E-state index contributed by atoms with van der Waals surface area (Å²) in [7, 11) is 3.19. The minimum Gasteiger partial charge on any atom is -0.497 e. The predicted molar refractivity (Wildman–Crippen MR) is 224 cm³/mol. The number of carbonyl (C=O) groups excluding carboxylic acids is 2. The van der Waals surface area contributed by atoms with Crippen molar-refractivity contribution in [3.63, 3.8) is 0 Å². The van der Waals surface area contributed by atoms with Crippen LogP contribution in [-0.2, 0) is 13.2 Å². The SMILES string of the molecule is COc1ccc(-c2nc(COc3ccc(F)c(C(N)=O)c3F)sc2-c2ccc(C)cc2)cc1.COc1ccc(-c2nc(COc3ccc(F)c(C(N)=O)c3F)sc2Br)cc1. The molecule has 7 rings (SSSR count). The van der Waals surface area contributed by atoms with Crippen LogP contribution in [0.5, 0.6) is 23.0 Å². The molecular formula is C43H33BrF4N4O6S2. The quantitative estimate of drug-likeness (QED) is 0.109. The molecule has 2 amide bonds. The predicted octanol–water partition coefficient (Wildman–Crippen LogP) is 10.3. The van der Waals surface area contributed by atoms with Crippen molar-refractivity contribution in [3.8, 4) is 56.0 Å². The van der Waals surface area contributed by atoms with Gasteiger partial charge >= 0.3 is 0 Å². The van der Waals surface area contributed by atoms with Gasteiger partial charge in [-0.05, 0) is 101 Å². The van der Waals surface area contributed by atoms with Gasteiger partial charge in [-0.3, -0.25) is 9.59 Å². The molecule has 0 unspecified atom stereocenters. The molecule has 0 bridgehead atoms. The molecule has 0 fully saturated rings. The van der Waals surface area contributed by atoms with E-state index in [0.717, 1.165) is 72.4 Å². The standard InChI is InChI=1S/C25H20F2N2O3S.C18H13BrF2N2O3S/c1-14-3-5-16(6-4-14)24-23(15-7-9-17(31-2)10-8-15)29-20(33-24)13-32-19-12-11-18(26)21(22(19)27)25(28)30;1-25-10-4-2-9(3-5-10)16-17(19)27-13(23-16)8-26-12-7-6-11(20)14(15(12)21)18(22)24/h3-12H,13H2,1-2H3,(H2,28,30);2-7H,8H2,1H3,(H2,22,24). The smallest absolute Gasteiger partial charge is 0.254 e. The van der Waals surface area contributed by atoms with E-state index >= 15 is 0 Å². The third-order valence-corrected chi connectivity index (χ3v) is 11.4. The van der Waals surface area contributed by atoms with Crippen molar-refractivity contribution >= 4 is 50.4 Å². The number of carbonyl (C=O) groups is 2. The number of hydrogen-bond donors (Lipinski definition) is 2. The number of amides is 2. The number of nitrogens with zero attached hydrogens (tertiary/aromatic N) is 2. The normalized spacial score (nSPS) is 10.7. The highest BCUT2D eigenvalue weighted by Crippen LogP contribution is 2.39. The Hall–Kier alpha value is -6.30. The van der Waals surface area contributed by atoms with Crippen LogP contribution in [0, 0.1) is 30.2 Å². The monoisotopic (exact) mass is 920 g/mol. The molecule has 0 saturated heterocycles. The third kappa shape index (κ3) is 9.93. The van der Waals surface area contributed by atoms with Crippen molar-refractivity contribution in [2.24, 2.45) is 11.5 Å². The van der Waals surface area contributed by atoms with Crippen molar-refractivity contribution in [1.82, 2.24) is 9.97 Å². The number of aryl methyl sites for hydroxylation is 1. The first-order valence-electron chi connectivity index (χ1n) is 17.6. The highest BCUT2D eigenvalue weighted by molar-refractivity contribution is 9.11. The summed E-state index contributed by atoms with van der Waals surface area (Å²) in [5.74, 6) is -5.83. The Morgan fingerprint density at radius 2 is 1.02 bits per heavy atom. The Morgan fingerprint density at radius 3 is 1.47 bits per heavy atom. The van der Waals surface area contributed by atoms with Crippen molar-refractivity contribution in [3.05, 3.63) is 151 Å². The second kappa shape index (κ2) is 19.2. The molecule has 10 nitrogen and oxygen atoms in total. The Balaban J connectivity index is 0.000000205. The van der Waals surface area contributed by atoms with E-state index in [1.807, 2.05) is 79.7 Å². The van der Waals surface area contributed by atoms with E-state index in [1.165, 1.54) is 22.7 Å². The molecule has 0 saturated carbocycles. The van der Waals surface area contributed by atoms with Gasteiger partial charge in [0.2, 0.25) is 0 Å². The first-order chi connectivity index (χ1) is 28.8. The summed E-state index contributed by atoms with van der Waals surface area (Å²) < 4.78 is 78.0. The molecule has 0 spiro atoms. The maximum absolute atomic E-state index is 14.5. The van der Waals surface area contributed by atoms with E-state index < -0.39 is 46.2 Å². The highest BCUT2D eigenvalue weighted by atomic mass is 79.9. The fourth-order valence-corrected chi connectivity index (χ4v) is 8.23. The largest absolute Gasteiger partial charge is 0.497 e. The van der Waals surface area contributed by atoms with Gasteiger partial charge in [-0.25, -0.2) is 27.5 Å². The molecule has 0 radical (unpaired) electrons. The van der Waals surface area contributed by atoms with Gasteiger partial charge in [0.15, 0.2) is 23.1 Å². The number of halogens is 5. The second-order valence-corrected chi connectivity index (χ2v) is 16.1. The van der Waals surface area contributed by atoms with E-state index in [-0.39, 0.29) is 24.7 Å². The zero-order valence-corrected chi connectivity index (χ0v) is 35.1. The molecule has 0 aliphatic heterocycles. The topological polar surface area (TPSA) is 149 Å². The van der Waals surface area contributed by atoms with Crippen LogP contribution in [0.4, 0.5) is 17.6 Å². The van der Waals surface area contributed by atoms with E-state index in [9.17, 15) is 27.2 Å². The lowest BCUT2D eigenvalue weighted by Crippen LogP contribution is -2.16. The minimum atomic E-state index is -1.20. The number of benzene rings is 5. The molecule has 60 heavy (non-hydrogen) atoms. The number of ether oxygens (including phenoxy) is 4. The zero-order valence-electron chi connectivity index (χ0n) is 31.9. The maximum Gasteiger partial charge on any atom is 0.254 e. The number of thiazole rings is 2. The fraction of sp³-hybridized carbons (Fsp3) is 0.116. The van der Waals surface area contributed by atoms with Gasteiger partial charge in [0.1, 0.15) is 57.5 Å². The van der Waals surface area contributed by atoms with Crippen molar-refractivity contribution < 1.29 is 46.1 Å². The summed E-state index contributed by atoms with van der Waals surface area (Å²) in [5.41, 5.74) is 13.8. The third-order valence-electron chi connectivity index (χ3n) is 8.65. The number of primary amides is 2. The minimum absolute atomic E-state index is 0.0554. The van der Waals surface area contributed by atoms with Crippen molar-refractivity contribution in [2.45, 2.75) is 20.1 Å². The molecule has 5 aromatic carbocycles. The summed E-state index contributed by atoms with van der Waals surface area (Å²) in [6.07, 6.45) is 0. The Kier molecular flexibility index (Phi) is 13.8. The van der Waals surface area contributed by atoms with Crippen LogP contribution in [0.1, 0.15) is 36.3 Å². The lowest BCUT2D eigenvalue weighted by Gasteiger charge is -2.08. The van der Waals surface area contributed by atoms with Gasteiger partial charge in [0, 0.05) is 11.1 Å². The summed E-state index contributed by atoms with van der Waals surface area (Å²) in [6.45, 7) is 1.89. The van der Waals surface area contributed by atoms with E-state index in [2.05, 4.69) is 20.9 Å². The Bertz CT molecular complexity index is 2660. The summed E-state index contributed by atoms with van der Waals surface area (Å²) in [6, 6.07) is 27.0. The summed E-state index contributed by atoms with van der Waals surface area (Å²) >= 11 is 6.18. The summed E-state index contributed by atoms with van der Waals surface area (Å²) in [5, 5.41) is 1.15. The van der Waals surface area contributed by atoms with Crippen LogP contribution in [0.15, 0.2) is 101 Å². The number of nitrogens with two attached hydrogens (primary N) is 2. The van der Waals surface area contributed by atoms with Gasteiger partial charge in [-0.2, -0.15) is 0 Å². The molecule has 308 valence electrons. The van der Waals surface area contributed by atoms with Gasteiger partial charge in [-0.1, -0.05) is 29.8 Å². The average molecular weight is 922 g/mol. The Morgan fingerprint density at radius 1 is 0.600 bits per heavy atom.